The number of hydrogen-bond donors (Lipinski definition) is 3. The fraction of sp³-hybridized carbons (Fsp3) is 0.500. The second-order valence-corrected chi connectivity index (χ2v) is 6.49. The minimum atomic E-state index is -1.01. The fourth-order valence-electron chi connectivity index (χ4n) is 1.52. The van der Waals surface area contributed by atoms with Crippen LogP contribution >= 0.6 is 27.3 Å². The van der Waals surface area contributed by atoms with E-state index in [4.69, 9.17) is 5.11 Å². The van der Waals surface area contributed by atoms with Crippen molar-refractivity contribution in [3.8, 4) is 0 Å². The van der Waals surface area contributed by atoms with Gasteiger partial charge >= 0.3 is 12.0 Å². The normalized spacial score (nSPS) is 12.2. The Balaban J connectivity index is 2.42. The van der Waals surface area contributed by atoms with Crippen LogP contribution in [0.1, 0.15) is 25.1 Å². The van der Waals surface area contributed by atoms with Gasteiger partial charge in [-0.3, -0.25) is 0 Å². The summed E-state index contributed by atoms with van der Waals surface area (Å²) in [5.41, 5.74) is 0. The molecule has 1 atom stereocenters. The Morgan fingerprint density at radius 1 is 1.47 bits per heavy atom. The number of amides is 2. The van der Waals surface area contributed by atoms with Crippen LogP contribution < -0.4 is 10.6 Å². The smallest absolute Gasteiger partial charge is 0.326 e. The molecule has 0 aliphatic heterocycles. The topological polar surface area (TPSA) is 78.4 Å². The molecule has 0 saturated carbocycles. The van der Waals surface area contributed by atoms with Crippen LogP contribution in [-0.2, 0) is 11.3 Å². The third kappa shape index (κ3) is 6.07. The number of carbonyl (C=O) groups excluding carboxylic acids is 1. The van der Waals surface area contributed by atoms with E-state index in [1.54, 1.807) is 0 Å². The summed E-state index contributed by atoms with van der Waals surface area (Å²) in [7, 11) is 0. The Kier molecular flexibility index (Phi) is 6.30. The molecule has 0 unspecified atom stereocenters. The minimum absolute atomic E-state index is 0.203. The summed E-state index contributed by atoms with van der Waals surface area (Å²) >= 11 is 4.85. The number of aliphatic carboxylic acids is 1. The number of halogens is 1. The monoisotopic (exact) mass is 348 g/mol. The lowest BCUT2D eigenvalue weighted by atomic mass is 10.0. The molecule has 0 aliphatic carbocycles. The maximum atomic E-state index is 11.6. The summed E-state index contributed by atoms with van der Waals surface area (Å²) in [4.78, 5) is 23.6. The van der Waals surface area contributed by atoms with Gasteiger partial charge in [0.25, 0.3) is 0 Å². The Morgan fingerprint density at radius 2 is 2.16 bits per heavy atom. The summed E-state index contributed by atoms with van der Waals surface area (Å²) < 4.78 is 0.970. The van der Waals surface area contributed by atoms with Crippen molar-refractivity contribution in [2.75, 3.05) is 0 Å². The molecule has 3 N–H and O–H groups in total. The van der Waals surface area contributed by atoms with Crippen LogP contribution in [-0.4, -0.2) is 23.1 Å². The third-order valence-corrected chi connectivity index (χ3v) is 4.05. The lowest BCUT2D eigenvalue weighted by molar-refractivity contribution is -0.139. The number of nitrogens with one attached hydrogen (secondary N) is 2. The maximum absolute atomic E-state index is 11.6. The summed E-state index contributed by atoms with van der Waals surface area (Å²) in [6, 6.07) is 0.598. The predicted octanol–water partition coefficient (Wildman–Crippen LogP) is 2.81. The first kappa shape index (κ1) is 16.0. The number of rotatable bonds is 6. The Labute approximate surface area is 124 Å². The highest BCUT2D eigenvalue weighted by atomic mass is 79.9. The molecule has 0 spiro atoms. The zero-order valence-corrected chi connectivity index (χ0v) is 13.2. The zero-order valence-electron chi connectivity index (χ0n) is 10.8. The first-order valence-corrected chi connectivity index (χ1v) is 7.55. The van der Waals surface area contributed by atoms with E-state index in [9.17, 15) is 9.59 Å². The first-order chi connectivity index (χ1) is 8.88. The van der Waals surface area contributed by atoms with Gasteiger partial charge in [0, 0.05) is 14.7 Å². The molecule has 2 amide bonds. The molecule has 0 aromatic carbocycles. The van der Waals surface area contributed by atoms with Gasteiger partial charge in [-0.2, -0.15) is 0 Å². The number of thiophene rings is 1. The van der Waals surface area contributed by atoms with E-state index >= 15 is 0 Å². The van der Waals surface area contributed by atoms with Crippen molar-refractivity contribution in [2.24, 2.45) is 5.92 Å². The molecule has 19 heavy (non-hydrogen) atoms. The van der Waals surface area contributed by atoms with Gasteiger partial charge in [0.15, 0.2) is 0 Å². The molecule has 0 saturated heterocycles. The minimum Gasteiger partial charge on any atom is -0.480 e. The van der Waals surface area contributed by atoms with Crippen molar-refractivity contribution in [3.63, 3.8) is 0 Å². The highest BCUT2D eigenvalue weighted by molar-refractivity contribution is 9.10. The molecule has 0 radical (unpaired) electrons. The van der Waals surface area contributed by atoms with E-state index in [1.807, 2.05) is 25.3 Å². The van der Waals surface area contributed by atoms with Gasteiger partial charge in [-0.1, -0.05) is 13.8 Å². The fourth-order valence-corrected chi connectivity index (χ4v) is 2.91. The molecule has 106 valence electrons. The molecule has 1 aromatic rings. The molecule has 1 aromatic heterocycles. The molecule has 1 heterocycles. The number of carboxylic acid groups (broad SMARTS) is 1. The lowest BCUT2D eigenvalue weighted by Crippen LogP contribution is -2.46. The zero-order chi connectivity index (χ0) is 14.4. The van der Waals surface area contributed by atoms with Crippen LogP contribution in [0.5, 0.6) is 0 Å². The standard InChI is InChI=1S/C12H17BrN2O3S/c1-7(2)3-10(11(16)17)15-12(18)14-5-9-4-8(13)6-19-9/h4,6-7,10H,3,5H2,1-2H3,(H,16,17)(H2,14,15,18)/t10-/m0/s1. The molecular formula is C12H17BrN2O3S. The van der Waals surface area contributed by atoms with Crippen molar-refractivity contribution in [2.45, 2.75) is 32.9 Å². The molecule has 0 bridgehead atoms. The molecular weight excluding hydrogens is 332 g/mol. The van der Waals surface area contributed by atoms with E-state index in [1.165, 1.54) is 11.3 Å². The summed E-state index contributed by atoms with van der Waals surface area (Å²) in [6.07, 6.45) is 0.410. The summed E-state index contributed by atoms with van der Waals surface area (Å²) in [5.74, 6) is -0.808. The van der Waals surface area contributed by atoms with Gasteiger partial charge in [0.2, 0.25) is 0 Å². The van der Waals surface area contributed by atoms with Gasteiger partial charge in [-0.15, -0.1) is 11.3 Å². The number of carboxylic acids is 1. The average Bonchev–Trinajstić information content (AvgIpc) is 2.71. The number of hydrogen-bond acceptors (Lipinski definition) is 3. The molecule has 7 heteroatoms. The third-order valence-electron chi connectivity index (χ3n) is 2.36. The number of urea groups is 1. The summed E-state index contributed by atoms with van der Waals surface area (Å²) in [6.45, 7) is 4.22. The predicted molar refractivity (Wildman–Crippen MR) is 78.3 cm³/mol. The van der Waals surface area contributed by atoms with Crippen molar-refractivity contribution < 1.29 is 14.7 Å². The SMILES string of the molecule is CC(C)C[C@H](NC(=O)NCc1cc(Br)cs1)C(=O)O. The number of carbonyl (C=O) groups is 2. The highest BCUT2D eigenvalue weighted by Crippen LogP contribution is 2.19. The second-order valence-electron chi connectivity index (χ2n) is 4.58. The molecule has 0 aliphatic rings. The van der Waals surface area contributed by atoms with Crippen LogP contribution in [0.25, 0.3) is 0 Å². The molecule has 0 fully saturated rings. The quantitative estimate of drug-likeness (QED) is 0.739. The van der Waals surface area contributed by atoms with Crippen LogP contribution in [0.3, 0.4) is 0 Å². The van der Waals surface area contributed by atoms with E-state index in [0.29, 0.717) is 13.0 Å². The van der Waals surface area contributed by atoms with Gasteiger partial charge in [-0.25, -0.2) is 9.59 Å². The van der Waals surface area contributed by atoms with Gasteiger partial charge in [0.05, 0.1) is 6.54 Å². The van der Waals surface area contributed by atoms with Crippen molar-refractivity contribution in [1.29, 1.82) is 0 Å². The molecule has 1 rings (SSSR count). The molecule has 5 nitrogen and oxygen atoms in total. The van der Waals surface area contributed by atoms with Crippen LogP contribution in [0.4, 0.5) is 4.79 Å². The Morgan fingerprint density at radius 3 is 2.63 bits per heavy atom. The van der Waals surface area contributed by atoms with Crippen LogP contribution in [0.2, 0.25) is 0 Å². The summed E-state index contributed by atoms with van der Waals surface area (Å²) in [5, 5.41) is 16.1. The van der Waals surface area contributed by atoms with Gasteiger partial charge in [-0.05, 0) is 34.3 Å². The highest BCUT2D eigenvalue weighted by Gasteiger charge is 2.20. The van der Waals surface area contributed by atoms with Gasteiger partial charge < -0.3 is 15.7 Å². The van der Waals surface area contributed by atoms with Gasteiger partial charge in [0.1, 0.15) is 6.04 Å². The van der Waals surface area contributed by atoms with Crippen LogP contribution in [0.15, 0.2) is 15.9 Å². The van der Waals surface area contributed by atoms with E-state index < -0.39 is 18.0 Å². The Hall–Kier alpha value is -1.08. The average molecular weight is 349 g/mol. The van der Waals surface area contributed by atoms with E-state index in [-0.39, 0.29) is 5.92 Å². The second kappa shape index (κ2) is 7.49. The lowest BCUT2D eigenvalue weighted by Gasteiger charge is -2.16. The van der Waals surface area contributed by atoms with Crippen molar-refractivity contribution >= 4 is 39.3 Å². The van der Waals surface area contributed by atoms with E-state index in [0.717, 1.165) is 9.35 Å². The van der Waals surface area contributed by atoms with Crippen LogP contribution in [0, 0.1) is 5.92 Å². The first-order valence-electron chi connectivity index (χ1n) is 5.88. The Bertz CT molecular complexity index is 448. The van der Waals surface area contributed by atoms with Crippen molar-refractivity contribution in [3.05, 3.63) is 20.8 Å². The van der Waals surface area contributed by atoms with Crippen molar-refractivity contribution in [1.82, 2.24) is 10.6 Å². The largest absolute Gasteiger partial charge is 0.480 e. The maximum Gasteiger partial charge on any atom is 0.326 e. The van der Waals surface area contributed by atoms with E-state index in [2.05, 4.69) is 26.6 Å².